The van der Waals surface area contributed by atoms with E-state index in [4.69, 9.17) is 5.11 Å². The lowest BCUT2D eigenvalue weighted by molar-refractivity contribution is 0.0859. The van der Waals surface area contributed by atoms with E-state index >= 15 is 0 Å². The number of hydrogen-bond donors (Lipinski definition) is 2. The molecule has 0 aromatic carbocycles. The summed E-state index contributed by atoms with van der Waals surface area (Å²) in [7, 11) is 0. The molecule has 1 aliphatic rings. The van der Waals surface area contributed by atoms with Crippen molar-refractivity contribution in [2.24, 2.45) is 0 Å². The van der Waals surface area contributed by atoms with Crippen molar-refractivity contribution in [3.8, 4) is 0 Å². The third-order valence-corrected chi connectivity index (χ3v) is 2.80. The van der Waals surface area contributed by atoms with E-state index in [1.807, 2.05) is 22.9 Å². The number of nitrogens with zero attached hydrogens (tertiary/aromatic N) is 1. The highest BCUT2D eigenvalue weighted by Gasteiger charge is 2.28. The Hall–Kier alpha value is -1.29. The molecule has 0 radical (unpaired) electrons. The van der Waals surface area contributed by atoms with Crippen molar-refractivity contribution in [3.05, 3.63) is 24.0 Å². The molecule has 1 aromatic heterocycles. The molecule has 4 heteroatoms. The van der Waals surface area contributed by atoms with Gasteiger partial charge in [-0.15, -0.1) is 0 Å². The fourth-order valence-electron chi connectivity index (χ4n) is 1.67. The predicted molar refractivity (Wildman–Crippen MR) is 61.3 cm³/mol. The van der Waals surface area contributed by atoms with Crippen molar-refractivity contribution in [2.45, 2.75) is 38.3 Å². The molecule has 0 atom stereocenters. The maximum absolute atomic E-state index is 12.0. The third-order valence-electron chi connectivity index (χ3n) is 2.80. The Balaban J connectivity index is 2.11. The van der Waals surface area contributed by atoms with E-state index < -0.39 is 5.54 Å². The average molecular weight is 222 g/mol. The Morgan fingerprint density at radius 3 is 2.88 bits per heavy atom. The number of rotatable bonds is 4. The van der Waals surface area contributed by atoms with E-state index in [2.05, 4.69) is 5.32 Å². The van der Waals surface area contributed by atoms with Crippen LogP contribution in [0.25, 0.3) is 0 Å². The van der Waals surface area contributed by atoms with Crippen molar-refractivity contribution < 1.29 is 9.90 Å². The summed E-state index contributed by atoms with van der Waals surface area (Å²) < 4.78 is 2.02. The van der Waals surface area contributed by atoms with Gasteiger partial charge >= 0.3 is 0 Å². The van der Waals surface area contributed by atoms with Gasteiger partial charge in [-0.2, -0.15) is 0 Å². The molecule has 1 heterocycles. The molecule has 2 N–H and O–H groups in total. The number of nitrogens with one attached hydrogen (secondary N) is 1. The SMILES string of the molecule is CC(C)(CO)NC(=O)c1cccn1C1CC1. The molecule has 1 saturated carbocycles. The van der Waals surface area contributed by atoms with Gasteiger partial charge in [0.05, 0.1) is 12.1 Å². The minimum Gasteiger partial charge on any atom is -0.394 e. The Morgan fingerprint density at radius 2 is 2.31 bits per heavy atom. The van der Waals surface area contributed by atoms with Crippen LogP contribution >= 0.6 is 0 Å². The second kappa shape index (κ2) is 3.94. The number of aliphatic hydroxyl groups is 1. The molecule has 1 amide bonds. The first-order valence-electron chi connectivity index (χ1n) is 5.64. The zero-order valence-electron chi connectivity index (χ0n) is 9.73. The first-order chi connectivity index (χ1) is 7.53. The molecule has 0 saturated heterocycles. The quantitative estimate of drug-likeness (QED) is 0.807. The first kappa shape index (κ1) is 11.2. The zero-order chi connectivity index (χ0) is 11.8. The monoisotopic (exact) mass is 222 g/mol. The van der Waals surface area contributed by atoms with E-state index in [9.17, 15) is 4.79 Å². The summed E-state index contributed by atoms with van der Waals surface area (Å²) in [6.07, 6.45) is 4.25. The van der Waals surface area contributed by atoms with Crippen molar-refractivity contribution in [2.75, 3.05) is 6.61 Å². The molecular weight excluding hydrogens is 204 g/mol. The molecule has 4 nitrogen and oxygen atoms in total. The summed E-state index contributed by atoms with van der Waals surface area (Å²) >= 11 is 0. The van der Waals surface area contributed by atoms with Crippen molar-refractivity contribution in [3.63, 3.8) is 0 Å². The number of amides is 1. The lowest BCUT2D eigenvalue weighted by Crippen LogP contribution is -2.46. The summed E-state index contributed by atoms with van der Waals surface area (Å²) in [5.74, 6) is -0.115. The van der Waals surface area contributed by atoms with Gasteiger partial charge in [0.2, 0.25) is 0 Å². The Labute approximate surface area is 95.3 Å². The van der Waals surface area contributed by atoms with E-state index in [1.54, 1.807) is 13.8 Å². The number of carbonyl (C=O) groups excluding carboxylic acids is 1. The van der Waals surface area contributed by atoms with Crippen molar-refractivity contribution >= 4 is 5.91 Å². The number of aromatic nitrogens is 1. The topological polar surface area (TPSA) is 54.3 Å². The lowest BCUT2D eigenvalue weighted by Gasteiger charge is -2.23. The van der Waals surface area contributed by atoms with Crippen LogP contribution in [0.4, 0.5) is 0 Å². The highest BCUT2D eigenvalue weighted by atomic mass is 16.3. The maximum Gasteiger partial charge on any atom is 0.268 e. The number of carbonyl (C=O) groups is 1. The highest BCUT2D eigenvalue weighted by molar-refractivity contribution is 5.93. The largest absolute Gasteiger partial charge is 0.394 e. The van der Waals surface area contributed by atoms with Crippen LogP contribution in [-0.4, -0.2) is 27.7 Å². The van der Waals surface area contributed by atoms with Gasteiger partial charge in [-0.25, -0.2) is 0 Å². The smallest absolute Gasteiger partial charge is 0.268 e. The Kier molecular flexibility index (Phi) is 2.76. The summed E-state index contributed by atoms with van der Waals surface area (Å²) in [6, 6.07) is 4.20. The van der Waals surface area contributed by atoms with Crippen LogP contribution in [0.3, 0.4) is 0 Å². The molecule has 1 aliphatic carbocycles. The average Bonchev–Trinajstić information content (AvgIpc) is 2.95. The number of hydrogen-bond acceptors (Lipinski definition) is 2. The fourth-order valence-corrected chi connectivity index (χ4v) is 1.67. The van der Waals surface area contributed by atoms with Gasteiger partial charge < -0.3 is 15.0 Å². The van der Waals surface area contributed by atoms with Crippen LogP contribution in [0.2, 0.25) is 0 Å². The minimum atomic E-state index is -0.574. The van der Waals surface area contributed by atoms with Gasteiger partial charge in [0.25, 0.3) is 5.91 Å². The summed E-state index contributed by atoms with van der Waals surface area (Å²) in [6.45, 7) is 3.54. The zero-order valence-corrected chi connectivity index (χ0v) is 9.73. The second-order valence-electron chi connectivity index (χ2n) is 5.03. The van der Waals surface area contributed by atoms with Crippen LogP contribution in [0, 0.1) is 0 Å². The molecule has 16 heavy (non-hydrogen) atoms. The van der Waals surface area contributed by atoms with Gasteiger partial charge in [0, 0.05) is 12.2 Å². The molecular formula is C12H18N2O2. The second-order valence-corrected chi connectivity index (χ2v) is 5.03. The number of aliphatic hydroxyl groups excluding tert-OH is 1. The van der Waals surface area contributed by atoms with Crippen LogP contribution in [0.5, 0.6) is 0 Å². The van der Waals surface area contributed by atoms with E-state index in [1.165, 1.54) is 0 Å². The van der Waals surface area contributed by atoms with Gasteiger partial charge in [-0.3, -0.25) is 4.79 Å². The van der Waals surface area contributed by atoms with Crippen LogP contribution < -0.4 is 5.32 Å². The lowest BCUT2D eigenvalue weighted by atomic mass is 10.1. The molecule has 0 bridgehead atoms. The van der Waals surface area contributed by atoms with E-state index in [0.717, 1.165) is 12.8 Å². The summed E-state index contributed by atoms with van der Waals surface area (Å²) in [5.41, 5.74) is 0.111. The van der Waals surface area contributed by atoms with E-state index in [-0.39, 0.29) is 12.5 Å². The molecule has 2 rings (SSSR count). The van der Waals surface area contributed by atoms with Gasteiger partial charge in [-0.05, 0) is 38.8 Å². The molecule has 0 spiro atoms. The third kappa shape index (κ3) is 2.27. The highest BCUT2D eigenvalue weighted by Crippen LogP contribution is 2.36. The molecule has 0 unspecified atom stereocenters. The maximum atomic E-state index is 12.0. The van der Waals surface area contributed by atoms with Gasteiger partial charge in [-0.1, -0.05) is 0 Å². The molecule has 1 fully saturated rings. The fraction of sp³-hybridized carbons (Fsp3) is 0.583. The van der Waals surface area contributed by atoms with E-state index in [0.29, 0.717) is 11.7 Å². The first-order valence-corrected chi connectivity index (χ1v) is 5.64. The van der Waals surface area contributed by atoms with Gasteiger partial charge in [0.1, 0.15) is 5.69 Å². The summed E-state index contributed by atoms with van der Waals surface area (Å²) in [4.78, 5) is 12.0. The van der Waals surface area contributed by atoms with Crippen LogP contribution in [0.15, 0.2) is 18.3 Å². The Morgan fingerprint density at radius 1 is 1.62 bits per heavy atom. The van der Waals surface area contributed by atoms with Crippen LogP contribution in [-0.2, 0) is 0 Å². The normalized spacial score (nSPS) is 16.2. The van der Waals surface area contributed by atoms with Crippen molar-refractivity contribution in [1.29, 1.82) is 0 Å². The van der Waals surface area contributed by atoms with Crippen LogP contribution in [0.1, 0.15) is 43.2 Å². The standard InChI is InChI=1S/C12H18N2O2/c1-12(2,8-15)13-11(16)10-4-3-7-14(10)9-5-6-9/h3-4,7,9,15H,5-6,8H2,1-2H3,(H,13,16). The van der Waals surface area contributed by atoms with Crippen molar-refractivity contribution in [1.82, 2.24) is 9.88 Å². The summed E-state index contributed by atoms with van der Waals surface area (Å²) in [5, 5.41) is 11.9. The Bertz CT molecular complexity index is 391. The predicted octanol–water partition coefficient (Wildman–Crippen LogP) is 1.32. The minimum absolute atomic E-state index is 0.0666. The molecule has 1 aromatic rings. The van der Waals surface area contributed by atoms with Gasteiger partial charge in [0.15, 0.2) is 0 Å². The molecule has 0 aliphatic heterocycles. The molecule has 88 valence electrons.